The van der Waals surface area contributed by atoms with Crippen LogP contribution in [0.25, 0.3) is 0 Å². The summed E-state index contributed by atoms with van der Waals surface area (Å²) >= 11 is 0. The highest BCUT2D eigenvalue weighted by molar-refractivity contribution is 5.89. The van der Waals surface area contributed by atoms with Crippen LogP contribution in [0.3, 0.4) is 0 Å². The first-order valence-corrected chi connectivity index (χ1v) is 7.65. The van der Waals surface area contributed by atoms with Gasteiger partial charge in [0.15, 0.2) is 0 Å². The van der Waals surface area contributed by atoms with Crippen molar-refractivity contribution in [2.24, 2.45) is 22.0 Å². The van der Waals surface area contributed by atoms with Gasteiger partial charge in [0.2, 0.25) is 0 Å². The van der Waals surface area contributed by atoms with E-state index in [1.54, 1.807) is 0 Å². The van der Waals surface area contributed by atoms with Crippen molar-refractivity contribution in [3.8, 4) is 0 Å². The van der Waals surface area contributed by atoms with Gasteiger partial charge in [0.05, 0.1) is 6.61 Å². The number of rotatable bonds is 9. The van der Waals surface area contributed by atoms with Gasteiger partial charge in [0.1, 0.15) is 0 Å². The SMILES string of the molecule is CCOC(=O)CCCC/C(C)=N/N=C(C(C)C)C(C)C. The Morgan fingerprint density at radius 2 is 1.55 bits per heavy atom. The molecule has 0 saturated heterocycles. The summed E-state index contributed by atoms with van der Waals surface area (Å²) in [5, 5.41) is 8.69. The summed E-state index contributed by atoms with van der Waals surface area (Å²) < 4.78 is 4.89. The molecule has 0 amide bonds. The van der Waals surface area contributed by atoms with Crippen molar-refractivity contribution < 1.29 is 9.53 Å². The van der Waals surface area contributed by atoms with Gasteiger partial charge < -0.3 is 4.74 Å². The van der Waals surface area contributed by atoms with Crippen LogP contribution in [0.2, 0.25) is 0 Å². The van der Waals surface area contributed by atoms with Crippen LogP contribution in [0.15, 0.2) is 10.2 Å². The fourth-order valence-corrected chi connectivity index (χ4v) is 1.97. The molecular formula is C16H30N2O2. The quantitative estimate of drug-likeness (QED) is 0.275. The lowest BCUT2D eigenvalue weighted by molar-refractivity contribution is -0.143. The molecule has 116 valence electrons. The van der Waals surface area contributed by atoms with E-state index in [1.807, 2.05) is 13.8 Å². The summed E-state index contributed by atoms with van der Waals surface area (Å²) in [6, 6.07) is 0. The lowest BCUT2D eigenvalue weighted by Gasteiger charge is -2.11. The third-order valence-corrected chi connectivity index (χ3v) is 2.99. The molecule has 0 aromatic carbocycles. The highest BCUT2D eigenvalue weighted by atomic mass is 16.5. The molecule has 4 heteroatoms. The maximum absolute atomic E-state index is 11.2. The first-order valence-electron chi connectivity index (χ1n) is 7.65. The molecule has 0 aliphatic rings. The zero-order valence-corrected chi connectivity index (χ0v) is 13.9. The second kappa shape index (κ2) is 10.6. The van der Waals surface area contributed by atoms with E-state index in [4.69, 9.17) is 4.74 Å². The van der Waals surface area contributed by atoms with E-state index in [1.165, 1.54) is 0 Å². The van der Waals surface area contributed by atoms with Gasteiger partial charge in [-0.15, -0.1) is 0 Å². The number of carbonyl (C=O) groups excluding carboxylic acids is 1. The van der Waals surface area contributed by atoms with E-state index in [0.29, 0.717) is 24.9 Å². The maximum Gasteiger partial charge on any atom is 0.305 e. The fraction of sp³-hybridized carbons (Fsp3) is 0.812. The first kappa shape index (κ1) is 18.8. The van der Waals surface area contributed by atoms with Gasteiger partial charge in [-0.2, -0.15) is 10.2 Å². The summed E-state index contributed by atoms with van der Waals surface area (Å²) in [4.78, 5) is 11.2. The van der Waals surface area contributed by atoms with Crippen LogP contribution >= 0.6 is 0 Å². The Labute approximate surface area is 123 Å². The van der Waals surface area contributed by atoms with Gasteiger partial charge in [-0.1, -0.05) is 27.7 Å². The highest BCUT2D eigenvalue weighted by Gasteiger charge is 2.09. The molecule has 20 heavy (non-hydrogen) atoms. The highest BCUT2D eigenvalue weighted by Crippen LogP contribution is 2.09. The Morgan fingerprint density at radius 3 is 2.05 bits per heavy atom. The third-order valence-electron chi connectivity index (χ3n) is 2.99. The largest absolute Gasteiger partial charge is 0.466 e. The van der Waals surface area contributed by atoms with Crippen LogP contribution < -0.4 is 0 Å². The van der Waals surface area contributed by atoms with E-state index in [9.17, 15) is 4.79 Å². The Bertz CT molecular complexity index is 334. The molecule has 4 nitrogen and oxygen atoms in total. The minimum absolute atomic E-state index is 0.109. The van der Waals surface area contributed by atoms with Gasteiger partial charge in [-0.25, -0.2) is 0 Å². The van der Waals surface area contributed by atoms with Crippen LogP contribution in [-0.4, -0.2) is 24.0 Å². The van der Waals surface area contributed by atoms with E-state index in [2.05, 4.69) is 37.9 Å². The smallest absolute Gasteiger partial charge is 0.305 e. The molecule has 0 fully saturated rings. The van der Waals surface area contributed by atoms with Gasteiger partial charge in [-0.05, 0) is 44.9 Å². The Kier molecular flexibility index (Phi) is 9.95. The zero-order chi connectivity index (χ0) is 15.5. The van der Waals surface area contributed by atoms with E-state index in [-0.39, 0.29) is 5.97 Å². The van der Waals surface area contributed by atoms with E-state index in [0.717, 1.165) is 30.7 Å². The average Bonchev–Trinajstić information content (AvgIpc) is 2.34. The molecule has 0 rings (SSSR count). The monoisotopic (exact) mass is 282 g/mol. The number of hydrogen-bond acceptors (Lipinski definition) is 4. The normalized spacial score (nSPS) is 11.9. The molecule has 0 unspecified atom stereocenters. The molecule has 0 aromatic heterocycles. The number of unbranched alkanes of at least 4 members (excludes halogenated alkanes) is 1. The van der Waals surface area contributed by atoms with Crippen molar-refractivity contribution in [3.63, 3.8) is 0 Å². The number of ether oxygens (including phenoxy) is 1. The van der Waals surface area contributed by atoms with Gasteiger partial charge in [0, 0.05) is 17.8 Å². The van der Waals surface area contributed by atoms with Crippen molar-refractivity contribution in [1.29, 1.82) is 0 Å². The number of carbonyl (C=O) groups is 1. The minimum Gasteiger partial charge on any atom is -0.466 e. The molecule has 0 bridgehead atoms. The molecule has 0 aliphatic carbocycles. The molecule has 0 N–H and O–H groups in total. The summed E-state index contributed by atoms with van der Waals surface area (Å²) in [5.74, 6) is 0.743. The van der Waals surface area contributed by atoms with E-state index < -0.39 is 0 Å². The van der Waals surface area contributed by atoms with Gasteiger partial charge in [-0.3, -0.25) is 4.79 Å². The molecule has 0 saturated carbocycles. The van der Waals surface area contributed by atoms with Gasteiger partial charge >= 0.3 is 5.97 Å². The Hall–Kier alpha value is -1.19. The van der Waals surface area contributed by atoms with Crippen LogP contribution in [0, 0.1) is 11.8 Å². The lowest BCUT2D eigenvalue weighted by atomic mass is 9.98. The van der Waals surface area contributed by atoms with Crippen LogP contribution in [0.4, 0.5) is 0 Å². The topological polar surface area (TPSA) is 51.0 Å². The predicted molar refractivity (Wildman–Crippen MR) is 85.3 cm³/mol. The van der Waals surface area contributed by atoms with Crippen molar-refractivity contribution in [2.75, 3.05) is 6.61 Å². The number of hydrogen-bond donors (Lipinski definition) is 0. The van der Waals surface area contributed by atoms with Crippen LogP contribution in [-0.2, 0) is 9.53 Å². The lowest BCUT2D eigenvalue weighted by Crippen LogP contribution is -2.14. The fourth-order valence-electron chi connectivity index (χ4n) is 1.97. The van der Waals surface area contributed by atoms with Crippen molar-refractivity contribution >= 4 is 17.4 Å². The summed E-state index contributed by atoms with van der Waals surface area (Å²) in [6.45, 7) is 12.8. The first-order chi connectivity index (χ1) is 9.38. The van der Waals surface area contributed by atoms with Crippen LogP contribution in [0.1, 0.15) is 67.2 Å². The molecule has 0 spiro atoms. The molecule has 0 atom stereocenters. The number of esters is 1. The Balaban J connectivity index is 4.14. The molecule has 0 radical (unpaired) electrons. The molecule has 0 aromatic rings. The maximum atomic E-state index is 11.2. The zero-order valence-electron chi connectivity index (χ0n) is 13.9. The third kappa shape index (κ3) is 8.83. The second-order valence-electron chi connectivity index (χ2n) is 5.68. The minimum atomic E-state index is -0.109. The molecule has 0 heterocycles. The Morgan fingerprint density at radius 1 is 1.00 bits per heavy atom. The number of nitrogens with zero attached hydrogens (tertiary/aromatic N) is 2. The predicted octanol–water partition coefficient (Wildman–Crippen LogP) is 4.24. The summed E-state index contributed by atoms with van der Waals surface area (Å²) in [7, 11) is 0. The average molecular weight is 282 g/mol. The van der Waals surface area contributed by atoms with Crippen molar-refractivity contribution in [1.82, 2.24) is 0 Å². The second-order valence-corrected chi connectivity index (χ2v) is 5.68. The molecular weight excluding hydrogens is 252 g/mol. The van der Waals surface area contributed by atoms with Crippen molar-refractivity contribution in [2.45, 2.75) is 67.2 Å². The van der Waals surface area contributed by atoms with E-state index >= 15 is 0 Å². The standard InChI is InChI=1S/C16H30N2O2/c1-7-20-15(19)11-9-8-10-14(6)17-18-16(12(2)3)13(4)5/h12-13H,7-11H2,1-6H3/b17-14+. The summed E-state index contributed by atoms with van der Waals surface area (Å²) in [5.41, 5.74) is 2.16. The van der Waals surface area contributed by atoms with Crippen LogP contribution in [0.5, 0.6) is 0 Å². The molecule has 0 aliphatic heterocycles. The van der Waals surface area contributed by atoms with Gasteiger partial charge in [0.25, 0.3) is 0 Å². The van der Waals surface area contributed by atoms with Crippen molar-refractivity contribution in [3.05, 3.63) is 0 Å². The summed E-state index contributed by atoms with van der Waals surface area (Å²) in [6.07, 6.45) is 3.17.